The first kappa shape index (κ1) is 41.1. The van der Waals surface area contributed by atoms with Crippen molar-refractivity contribution < 1.29 is 24.9 Å². The molecule has 0 spiro atoms. The Bertz CT molecular complexity index is 593. The lowest BCUT2D eigenvalue weighted by Gasteiger charge is -2.24. The monoisotopic (exact) mass is 597 g/mol. The van der Waals surface area contributed by atoms with Gasteiger partial charge in [0.15, 0.2) is 5.78 Å². The van der Waals surface area contributed by atoms with Crippen molar-refractivity contribution in [2.75, 3.05) is 6.61 Å². The minimum atomic E-state index is -1.48. The van der Waals surface area contributed by atoms with E-state index in [0.717, 1.165) is 38.5 Å². The maximum absolute atomic E-state index is 12.8. The van der Waals surface area contributed by atoms with Crippen LogP contribution in [0.3, 0.4) is 0 Å². The molecule has 250 valence electrons. The number of rotatable bonds is 34. The van der Waals surface area contributed by atoms with Crippen LogP contribution in [0.15, 0.2) is 0 Å². The number of hydrogen-bond acceptors (Lipinski definition) is 4. The van der Waals surface area contributed by atoms with Crippen molar-refractivity contribution in [2.45, 2.75) is 206 Å². The number of ketones is 1. The maximum Gasteiger partial charge on any atom is 0.307 e. The van der Waals surface area contributed by atoms with Gasteiger partial charge in [-0.05, 0) is 12.8 Å². The summed E-state index contributed by atoms with van der Waals surface area (Å²) in [6.07, 6.45) is 33.0. The molecule has 0 bridgehead atoms. The normalized spacial score (nSPS) is 13.7. The summed E-state index contributed by atoms with van der Waals surface area (Å²) in [5.41, 5.74) is 0. The van der Waals surface area contributed by atoms with Crippen LogP contribution in [-0.2, 0) is 9.59 Å². The lowest BCUT2D eigenvalue weighted by molar-refractivity contribution is -0.150. The summed E-state index contributed by atoms with van der Waals surface area (Å²) in [4.78, 5) is 25.0. The Balaban J connectivity index is 4.18. The SMILES string of the molecule is CCCCCCCCCCCCCCCCC(C(=O)O)C(CCCCCCCCCCCCCCC)C(=O)C(O)CO. The van der Waals surface area contributed by atoms with Crippen LogP contribution in [0.1, 0.15) is 200 Å². The molecule has 0 aliphatic rings. The van der Waals surface area contributed by atoms with E-state index < -0.39 is 36.3 Å². The first-order valence-corrected chi connectivity index (χ1v) is 18.5. The Hall–Kier alpha value is -0.940. The highest BCUT2D eigenvalue weighted by atomic mass is 16.4. The van der Waals surface area contributed by atoms with Crippen LogP contribution in [0, 0.1) is 11.8 Å². The second-order valence-corrected chi connectivity index (χ2v) is 13.1. The maximum atomic E-state index is 12.8. The molecule has 0 aromatic heterocycles. The summed E-state index contributed by atoms with van der Waals surface area (Å²) in [6.45, 7) is 3.87. The summed E-state index contributed by atoms with van der Waals surface area (Å²) in [7, 11) is 0. The fourth-order valence-electron chi connectivity index (χ4n) is 6.32. The second-order valence-electron chi connectivity index (χ2n) is 13.1. The molecule has 0 radical (unpaired) electrons. The Labute approximate surface area is 261 Å². The molecule has 5 heteroatoms. The standard InChI is InChI=1S/C37H72O5/c1-3-5-7-9-11-13-15-17-19-21-23-25-27-29-31-34(37(41)42)33(36(40)35(39)32-38)30-28-26-24-22-20-18-16-14-12-10-8-6-4-2/h33-35,38-39H,3-32H2,1-2H3,(H,41,42). The van der Waals surface area contributed by atoms with E-state index in [1.807, 2.05) is 0 Å². The first-order valence-electron chi connectivity index (χ1n) is 18.5. The van der Waals surface area contributed by atoms with E-state index in [0.29, 0.717) is 12.8 Å². The van der Waals surface area contributed by atoms with Gasteiger partial charge >= 0.3 is 5.97 Å². The van der Waals surface area contributed by atoms with Crippen molar-refractivity contribution in [1.82, 2.24) is 0 Å². The van der Waals surface area contributed by atoms with Crippen LogP contribution < -0.4 is 0 Å². The third-order valence-corrected chi connectivity index (χ3v) is 9.16. The van der Waals surface area contributed by atoms with Crippen molar-refractivity contribution in [3.63, 3.8) is 0 Å². The predicted molar refractivity (Wildman–Crippen MR) is 178 cm³/mol. The van der Waals surface area contributed by atoms with E-state index in [1.54, 1.807) is 0 Å². The number of carboxylic acid groups (broad SMARTS) is 1. The molecule has 42 heavy (non-hydrogen) atoms. The first-order chi connectivity index (χ1) is 20.5. The van der Waals surface area contributed by atoms with Crippen LogP contribution in [0.2, 0.25) is 0 Å². The summed E-state index contributed by atoms with van der Waals surface area (Å²) in [5, 5.41) is 29.3. The summed E-state index contributed by atoms with van der Waals surface area (Å²) >= 11 is 0. The second kappa shape index (κ2) is 31.5. The van der Waals surface area contributed by atoms with Crippen LogP contribution in [0.4, 0.5) is 0 Å². The van der Waals surface area contributed by atoms with Gasteiger partial charge in [-0.3, -0.25) is 9.59 Å². The number of Topliss-reactive ketones (excluding diaryl/α,β-unsaturated/α-hetero) is 1. The van der Waals surface area contributed by atoms with Crippen molar-refractivity contribution >= 4 is 11.8 Å². The molecule has 0 aromatic carbocycles. The molecule has 3 unspecified atom stereocenters. The van der Waals surface area contributed by atoms with E-state index in [2.05, 4.69) is 13.8 Å². The van der Waals surface area contributed by atoms with E-state index in [-0.39, 0.29) is 0 Å². The molecule has 0 rings (SSSR count). The topological polar surface area (TPSA) is 94.8 Å². The molecule has 0 amide bonds. The van der Waals surface area contributed by atoms with Crippen LogP contribution >= 0.6 is 0 Å². The number of carboxylic acids is 1. The zero-order valence-corrected chi connectivity index (χ0v) is 28.1. The molecule has 3 N–H and O–H groups in total. The molecular weight excluding hydrogens is 524 g/mol. The van der Waals surface area contributed by atoms with Crippen molar-refractivity contribution in [3.05, 3.63) is 0 Å². The van der Waals surface area contributed by atoms with Crippen LogP contribution in [0.25, 0.3) is 0 Å². The Kier molecular flexibility index (Phi) is 30.8. The summed E-state index contributed by atoms with van der Waals surface area (Å²) < 4.78 is 0. The van der Waals surface area contributed by atoms with Gasteiger partial charge in [0.05, 0.1) is 12.5 Å². The van der Waals surface area contributed by atoms with Gasteiger partial charge < -0.3 is 15.3 Å². The number of aliphatic hydroxyl groups excluding tert-OH is 2. The molecule has 0 aliphatic carbocycles. The molecule has 0 heterocycles. The molecule has 0 saturated carbocycles. The molecule has 0 saturated heterocycles. The average molecular weight is 597 g/mol. The zero-order valence-electron chi connectivity index (χ0n) is 28.1. The average Bonchev–Trinajstić information content (AvgIpc) is 2.99. The van der Waals surface area contributed by atoms with Gasteiger partial charge in [-0.2, -0.15) is 0 Å². The highest BCUT2D eigenvalue weighted by Gasteiger charge is 2.35. The zero-order chi connectivity index (χ0) is 31.1. The van der Waals surface area contributed by atoms with E-state index in [4.69, 9.17) is 0 Å². The highest BCUT2D eigenvalue weighted by Crippen LogP contribution is 2.28. The van der Waals surface area contributed by atoms with Crippen molar-refractivity contribution in [3.8, 4) is 0 Å². The Morgan fingerprint density at radius 2 is 0.714 bits per heavy atom. The minimum Gasteiger partial charge on any atom is -0.481 e. The third-order valence-electron chi connectivity index (χ3n) is 9.16. The molecular formula is C37H72O5. The largest absolute Gasteiger partial charge is 0.481 e. The number of aliphatic hydroxyl groups is 2. The Morgan fingerprint density at radius 3 is 0.976 bits per heavy atom. The molecule has 0 aromatic rings. The van der Waals surface area contributed by atoms with Crippen LogP contribution in [0.5, 0.6) is 0 Å². The van der Waals surface area contributed by atoms with Gasteiger partial charge in [0.25, 0.3) is 0 Å². The third kappa shape index (κ3) is 24.5. The number of carbonyl (C=O) groups is 2. The smallest absolute Gasteiger partial charge is 0.307 e. The number of unbranched alkanes of at least 4 members (excludes halogenated alkanes) is 25. The van der Waals surface area contributed by atoms with E-state index >= 15 is 0 Å². The summed E-state index contributed by atoms with van der Waals surface area (Å²) in [6, 6.07) is 0. The predicted octanol–water partition coefficient (Wildman–Crippen LogP) is 10.6. The van der Waals surface area contributed by atoms with E-state index in [9.17, 15) is 24.9 Å². The van der Waals surface area contributed by atoms with Gasteiger partial charge in [0.1, 0.15) is 6.10 Å². The van der Waals surface area contributed by atoms with Gasteiger partial charge in [0, 0.05) is 5.92 Å². The van der Waals surface area contributed by atoms with Gasteiger partial charge in [-0.1, -0.05) is 187 Å². The fourth-order valence-corrected chi connectivity index (χ4v) is 6.32. The highest BCUT2D eigenvalue weighted by molar-refractivity contribution is 5.89. The molecule has 3 atom stereocenters. The van der Waals surface area contributed by atoms with Gasteiger partial charge in [-0.15, -0.1) is 0 Å². The molecule has 0 fully saturated rings. The lowest BCUT2D eigenvalue weighted by atomic mass is 9.79. The van der Waals surface area contributed by atoms with Crippen LogP contribution in [-0.4, -0.2) is 39.8 Å². The number of hydrogen-bond donors (Lipinski definition) is 3. The Morgan fingerprint density at radius 1 is 0.452 bits per heavy atom. The minimum absolute atomic E-state index is 0.473. The fraction of sp³-hybridized carbons (Fsp3) is 0.946. The van der Waals surface area contributed by atoms with Crippen molar-refractivity contribution in [2.24, 2.45) is 11.8 Å². The molecule has 0 aliphatic heterocycles. The number of aliphatic carboxylic acids is 1. The molecule has 5 nitrogen and oxygen atoms in total. The van der Waals surface area contributed by atoms with E-state index in [1.165, 1.54) is 135 Å². The lowest BCUT2D eigenvalue weighted by Crippen LogP contribution is -2.38. The quantitative estimate of drug-likeness (QED) is 0.0642. The number of carbonyl (C=O) groups excluding carboxylic acids is 1. The van der Waals surface area contributed by atoms with Gasteiger partial charge in [0.2, 0.25) is 0 Å². The summed E-state index contributed by atoms with van der Waals surface area (Å²) in [5.74, 6) is -2.91. The van der Waals surface area contributed by atoms with Gasteiger partial charge in [-0.25, -0.2) is 0 Å². The van der Waals surface area contributed by atoms with Crippen molar-refractivity contribution in [1.29, 1.82) is 0 Å².